The molecule has 0 radical (unpaired) electrons. The molecule has 2 atom stereocenters. The first-order valence-corrected chi connectivity index (χ1v) is 12.9. The van der Waals surface area contributed by atoms with Crippen LogP contribution >= 0.6 is 0 Å². The van der Waals surface area contributed by atoms with Crippen molar-refractivity contribution in [3.8, 4) is 0 Å². The van der Waals surface area contributed by atoms with Crippen molar-refractivity contribution in [2.24, 2.45) is 16.6 Å². The number of anilines is 1. The fourth-order valence-electron chi connectivity index (χ4n) is 5.44. The average Bonchev–Trinajstić information content (AvgIpc) is 3.70. The molecule has 5 rings (SSSR count). The third-order valence-corrected chi connectivity index (χ3v) is 7.62. The van der Waals surface area contributed by atoms with E-state index < -0.39 is 0 Å². The Morgan fingerprint density at radius 3 is 2.68 bits per heavy atom. The van der Waals surface area contributed by atoms with Gasteiger partial charge in [0.15, 0.2) is 0 Å². The van der Waals surface area contributed by atoms with E-state index in [4.69, 9.17) is 15.5 Å². The van der Waals surface area contributed by atoms with Crippen molar-refractivity contribution in [3.63, 3.8) is 0 Å². The number of piperidine rings is 1. The minimum atomic E-state index is -0.299. The molecule has 7 nitrogen and oxygen atoms in total. The minimum Gasteiger partial charge on any atom is -0.387 e. The lowest BCUT2D eigenvalue weighted by atomic mass is 9.92. The standard InChI is InChI=1S/C27H37N5O2/c1-17-8-11-22-19(14-17)15-21(27(33)31-25(28)18-9-10-18)26(30-22)32-13-12-23(24(16-32)34-2)29-20-6-4-3-5-7-20/h8,11,14-15,18,20,23-24,29H,3-7,9-10,12-13,16H2,1-2H3,(H2,28,31,33)/t23-,24+/m1/s1. The van der Waals surface area contributed by atoms with Crippen LogP contribution in [0.15, 0.2) is 29.3 Å². The first-order valence-electron chi connectivity index (χ1n) is 12.9. The predicted molar refractivity (Wildman–Crippen MR) is 137 cm³/mol. The van der Waals surface area contributed by atoms with Gasteiger partial charge in [-0.05, 0) is 57.2 Å². The van der Waals surface area contributed by atoms with Gasteiger partial charge in [0.1, 0.15) is 11.7 Å². The Labute approximate surface area is 202 Å². The van der Waals surface area contributed by atoms with E-state index in [0.717, 1.165) is 42.3 Å². The first kappa shape index (κ1) is 23.2. The Morgan fingerprint density at radius 1 is 1.15 bits per heavy atom. The SMILES string of the molecule is CO[C@H]1CN(c2nc3ccc(C)cc3cc2C(=O)N=C(N)C2CC2)CC[C@H]1NC1CCCCC1. The summed E-state index contributed by atoms with van der Waals surface area (Å²) in [5.74, 6) is 1.09. The van der Waals surface area contributed by atoms with Crippen molar-refractivity contribution in [1.29, 1.82) is 0 Å². The Kier molecular flexibility index (Phi) is 6.84. The molecule has 3 aliphatic rings. The van der Waals surface area contributed by atoms with Crippen LogP contribution in [0.4, 0.5) is 5.82 Å². The molecular weight excluding hydrogens is 426 g/mol. The maximum atomic E-state index is 13.3. The molecule has 182 valence electrons. The molecule has 1 aromatic heterocycles. The van der Waals surface area contributed by atoms with Crippen LogP contribution in [0.5, 0.6) is 0 Å². The number of ether oxygens (including phenoxy) is 1. The lowest BCUT2D eigenvalue weighted by Gasteiger charge is -2.41. The van der Waals surface area contributed by atoms with Crippen molar-refractivity contribution in [3.05, 3.63) is 35.4 Å². The number of aliphatic imine (C=N–C) groups is 1. The Balaban J connectivity index is 1.42. The van der Waals surface area contributed by atoms with Gasteiger partial charge < -0.3 is 20.7 Å². The molecule has 3 fully saturated rings. The minimum absolute atomic E-state index is 0.0363. The molecule has 2 aliphatic carbocycles. The zero-order valence-electron chi connectivity index (χ0n) is 20.4. The lowest BCUT2D eigenvalue weighted by Crippen LogP contribution is -2.56. The lowest BCUT2D eigenvalue weighted by molar-refractivity contribution is 0.0533. The molecule has 2 aromatic rings. The molecule has 0 unspecified atom stereocenters. The Hall–Kier alpha value is -2.51. The number of methoxy groups -OCH3 is 1. The second-order valence-electron chi connectivity index (χ2n) is 10.3. The van der Waals surface area contributed by atoms with Crippen LogP contribution < -0.4 is 16.0 Å². The van der Waals surface area contributed by atoms with Crippen LogP contribution in [0.25, 0.3) is 10.9 Å². The molecule has 1 aromatic carbocycles. The van der Waals surface area contributed by atoms with Crippen LogP contribution in [0.3, 0.4) is 0 Å². The number of hydrogen-bond donors (Lipinski definition) is 2. The zero-order valence-corrected chi connectivity index (χ0v) is 20.4. The molecule has 7 heteroatoms. The Bertz CT molecular complexity index is 1070. The third-order valence-electron chi connectivity index (χ3n) is 7.62. The predicted octanol–water partition coefficient (Wildman–Crippen LogP) is 3.97. The van der Waals surface area contributed by atoms with Crippen LogP contribution in [0.1, 0.15) is 67.3 Å². The van der Waals surface area contributed by atoms with Crippen molar-refractivity contribution in [2.45, 2.75) is 76.5 Å². The topological polar surface area (TPSA) is 92.8 Å². The highest BCUT2D eigenvalue weighted by atomic mass is 16.5. The number of benzene rings is 1. The maximum absolute atomic E-state index is 13.3. The summed E-state index contributed by atoms with van der Waals surface area (Å²) in [7, 11) is 1.78. The highest BCUT2D eigenvalue weighted by Crippen LogP contribution is 2.31. The van der Waals surface area contributed by atoms with Crippen molar-refractivity contribution in [2.75, 3.05) is 25.1 Å². The monoisotopic (exact) mass is 463 g/mol. The smallest absolute Gasteiger partial charge is 0.282 e. The number of carbonyl (C=O) groups excluding carboxylic acids is 1. The summed E-state index contributed by atoms with van der Waals surface area (Å²) < 4.78 is 5.94. The van der Waals surface area contributed by atoms with Crippen molar-refractivity contribution >= 4 is 28.5 Å². The van der Waals surface area contributed by atoms with Crippen LogP contribution in [-0.2, 0) is 4.74 Å². The highest BCUT2D eigenvalue weighted by Gasteiger charge is 2.34. The molecule has 2 saturated carbocycles. The number of aromatic nitrogens is 1. The van der Waals surface area contributed by atoms with E-state index >= 15 is 0 Å². The summed E-state index contributed by atoms with van der Waals surface area (Å²) >= 11 is 0. The van der Waals surface area contributed by atoms with Gasteiger partial charge in [0.05, 0.1) is 17.2 Å². The van der Waals surface area contributed by atoms with Crippen LogP contribution in [0.2, 0.25) is 0 Å². The van der Waals surface area contributed by atoms with Gasteiger partial charge in [0.25, 0.3) is 5.91 Å². The number of rotatable bonds is 6. The number of amides is 1. The molecule has 3 N–H and O–H groups in total. The fourth-order valence-corrected chi connectivity index (χ4v) is 5.44. The first-order chi connectivity index (χ1) is 16.5. The number of pyridine rings is 1. The Morgan fingerprint density at radius 2 is 1.94 bits per heavy atom. The molecule has 0 bridgehead atoms. The molecular formula is C27H37N5O2. The number of nitrogens with one attached hydrogen (secondary N) is 1. The summed E-state index contributed by atoms with van der Waals surface area (Å²) in [6, 6.07) is 8.98. The van der Waals surface area contributed by atoms with E-state index in [-0.39, 0.29) is 17.9 Å². The van der Waals surface area contributed by atoms with E-state index in [1.165, 1.54) is 32.1 Å². The van der Waals surface area contributed by atoms with Gasteiger partial charge in [-0.1, -0.05) is 30.9 Å². The molecule has 34 heavy (non-hydrogen) atoms. The normalized spacial score (nSPS) is 24.5. The number of hydrogen-bond acceptors (Lipinski definition) is 5. The summed E-state index contributed by atoms with van der Waals surface area (Å²) in [5, 5.41) is 4.82. The molecule has 1 aliphatic heterocycles. The zero-order chi connectivity index (χ0) is 23.7. The van der Waals surface area contributed by atoms with Gasteiger partial charge >= 0.3 is 0 Å². The second kappa shape index (κ2) is 10.0. The van der Waals surface area contributed by atoms with E-state index in [1.54, 1.807) is 7.11 Å². The summed E-state index contributed by atoms with van der Waals surface area (Å²) in [6.45, 7) is 3.55. The fraction of sp³-hybridized carbons (Fsp3) is 0.593. The van der Waals surface area contributed by atoms with E-state index in [1.807, 2.05) is 19.1 Å². The second-order valence-corrected chi connectivity index (χ2v) is 10.3. The summed E-state index contributed by atoms with van der Waals surface area (Å²) in [6.07, 6.45) is 9.49. The number of fused-ring (bicyclic) bond motifs is 1. The number of carbonyl (C=O) groups is 1. The third kappa shape index (κ3) is 5.10. The van der Waals surface area contributed by atoms with E-state index in [2.05, 4.69) is 27.3 Å². The van der Waals surface area contributed by atoms with Gasteiger partial charge in [-0.2, -0.15) is 4.99 Å². The number of aryl methyl sites for hydroxylation is 1. The molecule has 0 spiro atoms. The molecule has 2 heterocycles. The van der Waals surface area contributed by atoms with Gasteiger partial charge in [-0.25, -0.2) is 4.98 Å². The largest absolute Gasteiger partial charge is 0.387 e. The van der Waals surface area contributed by atoms with Gasteiger partial charge in [-0.15, -0.1) is 0 Å². The average molecular weight is 464 g/mol. The molecule has 1 amide bonds. The van der Waals surface area contributed by atoms with E-state index in [0.29, 0.717) is 35.8 Å². The quantitative estimate of drug-likeness (QED) is 0.497. The number of nitrogens with zero attached hydrogens (tertiary/aromatic N) is 3. The van der Waals surface area contributed by atoms with Crippen molar-refractivity contribution in [1.82, 2.24) is 10.3 Å². The van der Waals surface area contributed by atoms with Crippen LogP contribution in [0, 0.1) is 12.8 Å². The van der Waals surface area contributed by atoms with Gasteiger partial charge in [-0.3, -0.25) is 4.79 Å². The number of nitrogens with two attached hydrogens (primary N) is 1. The van der Waals surface area contributed by atoms with Gasteiger partial charge in [0, 0.05) is 43.6 Å². The highest BCUT2D eigenvalue weighted by molar-refractivity contribution is 6.08. The summed E-state index contributed by atoms with van der Waals surface area (Å²) in [5.41, 5.74) is 8.64. The maximum Gasteiger partial charge on any atom is 0.282 e. The summed E-state index contributed by atoms with van der Waals surface area (Å²) in [4.78, 5) is 24.7. The van der Waals surface area contributed by atoms with Gasteiger partial charge in [0.2, 0.25) is 0 Å². The van der Waals surface area contributed by atoms with E-state index in [9.17, 15) is 4.79 Å². The number of amidine groups is 1. The van der Waals surface area contributed by atoms with Crippen molar-refractivity contribution < 1.29 is 9.53 Å². The molecule has 1 saturated heterocycles. The van der Waals surface area contributed by atoms with Crippen LogP contribution in [-0.4, -0.2) is 55.1 Å².